The summed E-state index contributed by atoms with van der Waals surface area (Å²) in [7, 11) is 2.36. The highest BCUT2D eigenvalue weighted by Gasteiger charge is 2.24. The Hall–Kier alpha value is -1.35. The predicted octanol–water partition coefficient (Wildman–Crippen LogP) is 4.13. The molecule has 140 valence electrons. The maximum Gasteiger partial charge on any atom is 0.227 e. The first-order valence-electron chi connectivity index (χ1n) is 10.1. The van der Waals surface area contributed by atoms with E-state index in [1.54, 1.807) is 0 Å². The zero-order chi connectivity index (χ0) is 18.3. The van der Waals surface area contributed by atoms with Crippen molar-refractivity contribution in [1.29, 1.82) is 0 Å². The Morgan fingerprint density at radius 2 is 1.72 bits per heavy atom. The highest BCUT2D eigenvalue weighted by molar-refractivity contribution is 5.83. The maximum atomic E-state index is 12.4. The zero-order valence-electron chi connectivity index (χ0n) is 16.7. The lowest BCUT2D eigenvalue weighted by atomic mass is 9.96. The number of carbonyl (C=O) groups excluding carboxylic acids is 1. The first-order chi connectivity index (χ1) is 11.9. The second kappa shape index (κ2) is 9.38. The van der Waals surface area contributed by atoms with Gasteiger partial charge in [-0.3, -0.25) is 4.79 Å². The number of carbonyl (C=O) groups is 1. The van der Waals surface area contributed by atoms with E-state index >= 15 is 0 Å². The second-order valence-corrected chi connectivity index (χ2v) is 8.56. The van der Waals surface area contributed by atoms with Crippen molar-refractivity contribution in [1.82, 2.24) is 5.32 Å². The summed E-state index contributed by atoms with van der Waals surface area (Å²) in [5.74, 6) is 0.738. The number of nitrogens with zero attached hydrogens (tertiary/aromatic N) is 1. The molecule has 1 aliphatic rings. The zero-order valence-corrected chi connectivity index (χ0v) is 16.7. The van der Waals surface area contributed by atoms with Crippen LogP contribution >= 0.6 is 0 Å². The van der Waals surface area contributed by atoms with E-state index in [1.807, 2.05) is 6.92 Å². The Kier molecular flexibility index (Phi) is 7.49. The molecule has 1 aromatic rings. The van der Waals surface area contributed by atoms with Crippen LogP contribution in [0.25, 0.3) is 0 Å². The van der Waals surface area contributed by atoms with Crippen molar-refractivity contribution in [3.05, 3.63) is 35.4 Å². The highest BCUT2D eigenvalue weighted by atomic mass is 16.1. The van der Waals surface area contributed by atoms with Crippen LogP contribution in [0.5, 0.6) is 0 Å². The minimum absolute atomic E-state index is 0.0761. The predicted molar refractivity (Wildman–Crippen MR) is 106 cm³/mol. The molecule has 1 aromatic carbocycles. The molecule has 1 saturated heterocycles. The van der Waals surface area contributed by atoms with Gasteiger partial charge in [-0.2, -0.15) is 0 Å². The molecule has 1 atom stereocenters. The second-order valence-electron chi connectivity index (χ2n) is 8.56. The van der Waals surface area contributed by atoms with Crippen LogP contribution in [0.4, 0.5) is 0 Å². The summed E-state index contributed by atoms with van der Waals surface area (Å²) in [5, 5.41) is 3.14. The van der Waals surface area contributed by atoms with Gasteiger partial charge in [0, 0.05) is 13.0 Å². The van der Waals surface area contributed by atoms with Crippen LogP contribution in [-0.2, 0) is 11.2 Å². The Bertz CT molecular complexity index is 529. The number of quaternary nitrogens is 1. The summed E-state index contributed by atoms with van der Waals surface area (Å²) in [4.78, 5) is 12.4. The fourth-order valence-electron chi connectivity index (χ4n) is 3.89. The van der Waals surface area contributed by atoms with Gasteiger partial charge in [-0.15, -0.1) is 0 Å². The largest absolute Gasteiger partial charge is 0.355 e. The van der Waals surface area contributed by atoms with E-state index in [9.17, 15) is 4.79 Å². The van der Waals surface area contributed by atoms with Crippen LogP contribution in [-0.4, -0.2) is 43.6 Å². The minimum Gasteiger partial charge on any atom is -0.355 e. The monoisotopic (exact) mass is 345 g/mol. The van der Waals surface area contributed by atoms with Gasteiger partial charge in [0.2, 0.25) is 5.91 Å². The molecule has 25 heavy (non-hydrogen) atoms. The molecule has 1 heterocycles. The number of piperidine rings is 1. The third-order valence-electron chi connectivity index (χ3n) is 5.59. The molecule has 0 aromatic heterocycles. The van der Waals surface area contributed by atoms with Crippen molar-refractivity contribution in [3.8, 4) is 0 Å². The van der Waals surface area contributed by atoms with Crippen LogP contribution in [0.15, 0.2) is 24.3 Å². The number of rotatable bonds is 8. The summed E-state index contributed by atoms with van der Waals surface area (Å²) in [6.45, 7) is 11.0. The Balaban J connectivity index is 1.74. The Morgan fingerprint density at radius 1 is 1.08 bits per heavy atom. The molecule has 3 heteroatoms. The fourth-order valence-corrected chi connectivity index (χ4v) is 3.89. The molecule has 0 spiro atoms. The minimum atomic E-state index is -0.0761. The van der Waals surface area contributed by atoms with Gasteiger partial charge >= 0.3 is 0 Å². The van der Waals surface area contributed by atoms with Crippen LogP contribution in [0.1, 0.15) is 63.5 Å². The molecular formula is C22H37N2O+. The van der Waals surface area contributed by atoms with E-state index in [-0.39, 0.29) is 11.8 Å². The molecule has 1 fully saturated rings. The summed E-state index contributed by atoms with van der Waals surface area (Å²) in [6, 6.07) is 8.56. The first-order valence-corrected chi connectivity index (χ1v) is 10.1. The summed E-state index contributed by atoms with van der Waals surface area (Å²) < 4.78 is 1.18. The Labute approximate surface area is 154 Å². The number of benzene rings is 1. The first kappa shape index (κ1) is 20.0. The molecule has 0 bridgehead atoms. The van der Waals surface area contributed by atoms with Crippen molar-refractivity contribution in [2.45, 2.75) is 58.8 Å². The lowest BCUT2D eigenvalue weighted by molar-refractivity contribution is -0.914. The van der Waals surface area contributed by atoms with Gasteiger partial charge in [0.1, 0.15) is 0 Å². The lowest BCUT2D eigenvalue weighted by Crippen LogP contribution is -2.49. The average molecular weight is 346 g/mol. The molecule has 0 saturated carbocycles. The number of hydrogen-bond acceptors (Lipinski definition) is 1. The lowest BCUT2D eigenvalue weighted by Gasteiger charge is -2.37. The van der Waals surface area contributed by atoms with E-state index in [1.165, 1.54) is 48.9 Å². The van der Waals surface area contributed by atoms with Gasteiger partial charge < -0.3 is 9.80 Å². The number of likely N-dealkylation sites (tertiary alicyclic amines) is 1. The SMILES string of the molecule is CC(C)Cc1ccc(C(C)C(=O)NCCC[N+]2(C)CCCCC2)cc1. The summed E-state index contributed by atoms with van der Waals surface area (Å²) >= 11 is 0. The average Bonchev–Trinajstić information content (AvgIpc) is 2.59. The highest BCUT2D eigenvalue weighted by Crippen LogP contribution is 2.18. The van der Waals surface area contributed by atoms with Crippen LogP contribution in [0.2, 0.25) is 0 Å². The molecule has 1 unspecified atom stereocenters. The van der Waals surface area contributed by atoms with Gasteiger partial charge in [0.25, 0.3) is 0 Å². The van der Waals surface area contributed by atoms with E-state index in [2.05, 4.69) is 50.5 Å². The number of hydrogen-bond donors (Lipinski definition) is 1. The van der Waals surface area contributed by atoms with E-state index < -0.39 is 0 Å². The third kappa shape index (κ3) is 6.47. The standard InChI is InChI=1S/C22H36N2O/c1-18(2)17-20-9-11-21(12-10-20)19(3)22(25)23-13-8-16-24(4)14-6-5-7-15-24/h9-12,18-19H,5-8,13-17H2,1-4H3/p+1. The topological polar surface area (TPSA) is 29.1 Å². The van der Waals surface area contributed by atoms with Crippen molar-refractivity contribution < 1.29 is 9.28 Å². The van der Waals surface area contributed by atoms with Crippen LogP contribution < -0.4 is 5.32 Å². The maximum absolute atomic E-state index is 12.4. The molecule has 1 N–H and O–H groups in total. The van der Waals surface area contributed by atoms with Crippen molar-refractivity contribution in [2.75, 3.05) is 33.2 Å². The van der Waals surface area contributed by atoms with Crippen molar-refractivity contribution in [2.24, 2.45) is 5.92 Å². The summed E-state index contributed by atoms with van der Waals surface area (Å²) in [6.07, 6.45) is 6.26. The van der Waals surface area contributed by atoms with E-state index in [0.29, 0.717) is 5.92 Å². The van der Waals surface area contributed by atoms with Gasteiger partial charge in [-0.25, -0.2) is 0 Å². The molecule has 1 aliphatic heterocycles. The normalized spacial score (nSPS) is 18.1. The smallest absolute Gasteiger partial charge is 0.227 e. The molecular weight excluding hydrogens is 308 g/mol. The van der Waals surface area contributed by atoms with Crippen molar-refractivity contribution in [3.63, 3.8) is 0 Å². The molecule has 1 amide bonds. The van der Waals surface area contributed by atoms with Gasteiger partial charge in [0.05, 0.1) is 32.6 Å². The quantitative estimate of drug-likeness (QED) is 0.557. The van der Waals surface area contributed by atoms with E-state index in [0.717, 1.165) is 24.9 Å². The molecule has 3 nitrogen and oxygen atoms in total. The van der Waals surface area contributed by atoms with E-state index in [4.69, 9.17) is 0 Å². The van der Waals surface area contributed by atoms with Gasteiger partial charge in [-0.1, -0.05) is 38.1 Å². The van der Waals surface area contributed by atoms with Gasteiger partial charge in [0.15, 0.2) is 0 Å². The molecule has 0 radical (unpaired) electrons. The molecule has 0 aliphatic carbocycles. The Morgan fingerprint density at radius 3 is 2.32 bits per heavy atom. The van der Waals surface area contributed by atoms with Crippen LogP contribution in [0.3, 0.4) is 0 Å². The number of nitrogens with one attached hydrogen (secondary N) is 1. The third-order valence-corrected chi connectivity index (χ3v) is 5.59. The number of amides is 1. The van der Waals surface area contributed by atoms with Gasteiger partial charge in [-0.05, 0) is 49.7 Å². The summed E-state index contributed by atoms with van der Waals surface area (Å²) in [5.41, 5.74) is 2.46. The van der Waals surface area contributed by atoms with Crippen LogP contribution in [0, 0.1) is 5.92 Å². The van der Waals surface area contributed by atoms with Crippen molar-refractivity contribution >= 4 is 5.91 Å². The molecule has 2 rings (SSSR count). The fraction of sp³-hybridized carbons (Fsp3) is 0.682.